The molecule has 0 aromatic heterocycles. The van der Waals surface area contributed by atoms with Crippen LogP contribution in [0, 0.1) is 0 Å². The molecule has 0 spiro atoms. The molecule has 0 bridgehead atoms. The van der Waals surface area contributed by atoms with Crippen molar-refractivity contribution >= 4 is 0 Å². The molecule has 0 aliphatic heterocycles. The third-order valence-electron chi connectivity index (χ3n) is 4.75. The highest BCUT2D eigenvalue weighted by molar-refractivity contribution is 5.34. The van der Waals surface area contributed by atoms with Crippen molar-refractivity contribution < 1.29 is 4.74 Å². The molecule has 3 nitrogen and oxygen atoms in total. The first-order valence-electron chi connectivity index (χ1n) is 8.02. The van der Waals surface area contributed by atoms with E-state index in [4.69, 9.17) is 4.74 Å². The summed E-state index contributed by atoms with van der Waals surface area (Å²) in [4.78, 5) is 2.34. The van der Waals surface area contributed by atoms with E-state index in [2.05, 4.69) is 57.2 Å². The van der Waals surface area contributed by atoms with Crippen LogP contribution in [0.3, 0.4) is 0 Å². The van der Waals surface area contributed by atoms with Gasteiger partial charge in [-0.15, -0.1) is 0 Å². The topological polar surface area (TPSA) is 24.5 Å². The zero-order valence-electron chi connectivity index (χ0n) is 14.6. The Hall–Kier alpha value is -1.06. The van der Waals surface area contributed by atoms with Crippen LogP contribution < -0.4 is 10.1 Å². The fourth-order valence-electron chi connectivity index (χ4n) is 2.80. The van der Waals surface area contributed by atoms with Gasteiger partial charge < -0.3 is 15.0 Å². The van der Waals surface area contributed by atoms with Crippen LogP contribution >= 0.6 is 0 Å². The zero-order chi connectivity index (χ0) is 15.9. The van der Waals surface area contributed by atoms with E-state index < -0.39 is 0 Å². The van der Waals surface area contributed by atoms with Gasteiger partial charge >= 0.3 is 0 Å². The Bertz CT molecular complexity index is 419. The molecule has 1 N–H and O–H groups in total. The maximum atomic E-state index is 5.52. The molecular weight excluding hydrogens is 260 g/mol. The van der Waals surface area contributed by atoms with Gasteiger partial charge in [0, 0.05) is 11.6 Å². The average Bonchev–Trinajstić information content (AvgIpc) is 2.50. The van der Waals surface area contributed by atoms with Crippen LogP contribution in [0.25, 0.3) is 0 Å². The Morgan fingerprint density at radius 3 is 2.43 bits per heavy atom. The van der Waals surface area contributed by atoms with Gasteiger partial charge in [-0.2, -0.15) is 0 Å². The summed E-state index contributed by atoms with van der Waals surface area (Å²) in [6, 6.07) is 8.74. The first-order chi connectivity index (χ1) is 9.99. The number of nitrogens with zero attached hydrogens (tertiary/aromatic N) is 1. The lowest BCUT2D eigenvalue weighted by Gasteiger charge is -2.43. The van der Waals surface area contributed by atoms with Gasteiger partial charge in [-0.1, -0.05) is 32.0 Å². The number of methoxy groups -OCH3 is 1. The second-order valence-corrected chi connectivity index (χ2v) is 6.13. The van der Waals surface area contributed by atoms with Gasteiger partial charge in [-0.05, 0) is 58.5 Å². The van der Waals surface area contributed by atoms with Crippen LogP contribution in [0.5, 0.6) is 5.75 Å². The fourth-order valence-corrected chi connectivity index (χ4v) is 2.80. The van der Waals surface area contributed by atoms with Crippen LogP contribution in [0.1, 0.15) is 39.2 Å². The van der Waals surface area contributed by atoms with Crippen molar-refractivity contribution in [3.63, 3.8) is 0 Å². The lowest BCUT2D eigenvalue weighted by atomic mass is 9.83. The van der Waals surface area contributed by atoms with Gasteiger partial charge in [0.1, 0.15) is 5.75 Å². The van der Waals surface area contributed by atoms with Crippen molar-refractivity contribution in [2.45, 2.75) is 51.6 Å². The van der Waals surface area contributed by atoms with Crippen LogP contribution in [-0.4, -0.2) is 44.2 Å². The summed E-state index contributed by atoms with van der Waals surface area (Å²) in [5.74, 6) is 0.984. The van der Waals surface area contributed by atoms with Gasteiger partial charge in [0.05, 0.1) is 7.11 Å². The van der Waals surface area contributed by atoms with E-state index >= 15 is 0 Å². The maximum Gasteiger partial charge on any atom is 0.122 e. The van der Waals surface area contributed by atoms with Crippen LogP contribution in [0.4, 0.5) is 0 Å². The van der Waals surface area contributed by atoms with Crippen LogP contribution in [0.15, 0.2) is 24.3 Å². The maximum absolute atomic E-state index is 5.52. The van der Waals surface area contributed by atoms with Crippen molar-refractivity contribution in [3.05, 3.63) is 29.8 Å². The average molecular weight is 292 g/mol. The first kappa shape index (κ1) is 18.0. The van der Waals surface area contributed by atoms with E-state index in [1.165, 1.54) is 5.56 Å². The molecule has 120 valence electrons. The number of nitrogens with one attached hydrogen (secondary N) is 1. The van der Waals surface area contributed by atoms with E-state index in [1.54, 1.807) is 7.11 Å². The van der Waals surface area contributed by atoms with Gasteiger partial charge in [0.15, 0.2) is 0 Å². The molecule has 21 heavy (non-hydrogen) atoms. The Balaban J connectivity index is 3.02. The van der Waals surface area contributed by atoms with E-state index in [-0.39, 0.29) is 5.54 Å². The summed E-state index contributed by atoms with van der Waals surface area (Å²) in [6.45, 7) is 7.87. The zero-order valence-corrected chi connectivity index (χ0v) is 14.6. The molecule has 2 unspecified atom stereocenters. The van der Waals surface area contributed by atoms with Crippen molar-refractivity contribution in [2.24, 2.45) is 0 Å². The minimum absolute atomic E-state index is 0.121. The summed E-state index contributed by atoms with van der Waals surface area (Å²) in [7, 11) is 6.09. The van der Waals surface area contributed by atoms with Crippen molar-refractivity contribution in [1.29, 1.82) is 0 Å². The normalized spacial score (nSPS) is 15.8. The monoisotopic (exact) mass is 292 g/mol. The molecule has 3 heteroatoms. The highest BCUT2D eigenvalue weighted by Crippen LogP contribution is 2.27. The SMILES string of the molecule is CCCNC(Cc1ccccc1OC)C(C)(CC)N(C)C. The van der Waals surface area contributed by atoms with Gasteiger partial charge in [0.2, 0.25) is 0 Å². The molecular formula is C18H32N2O. The number of benzene rings is 1. The van der Waals surface area contributed by atoms with Gasteiger partial charge in [-0.25, -0.2) is 0 Å². The molecule has 0 aliphatic carbocycles. The molecule has 1 aromatic carbocycles. The van der Waals surface area contributed by atoms with E-state index in [0.29, 0.717) is 6.04 Å². The number of rotatable bonds is 9. The van der Waals surface area contributed by atoms with Crippen LogP contribution in [-0.2, 0) is 6.42 Å². The summed E-state index contributed by atoms with van der Waals surface area (Å²) in [5.41, 5.74) is 1.39. The Morgan fingerprint density at radius 1 is 1.24 bits per heavy atom. The lowest BCUT2D eigenvalue weighted by molar-refractivity contribution is 0.112. The fraction of sp³-hybridized carbons (Fsp3) is 0.667. The first-order valence-corrected chi connectivity index (χ1v) is 8.02. The lowest BCUT2D eigenvalue weighted by Crippen LogP contribution is -2.58. The minimum atomic E-state index is 0.121. The molecule has 1 aromatic rings. The van der Waals surface area contributed by atoms with E-state index in [1.807, 2.05) is 12.1 Å². The molecule has 0 radical (unpaired) electrons. The molecule has 1 rings (SSSR count). The summed E-state index contributed by atoms with van der Waals surface area (Å²) >= 11 is 0. The summed E-state index contributed by atoms with van der Waals surface area (Å²) in [5, 5.41) is 3.74. The van der Waals surface area contributed by atoms with Gasteiger partial charge in [0.25, 0.3) is 0 Å². The Morgan fingerprint density at radius 2 is 1.90 bits per heavy atom. The predicted molar refractivity (Wildman–Crippen MR) is 91.2 cm³/mol. The molecule has 0 amide bonds. The van der Waals surface area contributed by atoms with Crippen LogP contribution in [0.2, 0.25) is 0 Å². The number of para-hydroxylation sites is 1. The Kier molecular flexibility index (Phi) is 7.20. The highest BCUT2D eigenvalue weighted by Gasteiger charge is 2.34. The second kappa shape index (κ2) is 8.40. The molecule has 0 saturated carbocycles. The highest BCUT2D eigenvalue weighted by atomic mass is 16.5. The minimum Gasteiger partial charge on any atom is -0.496 e. The summed E-state index contributed by atoms with van der Waals surface area (Å²) < 4.78 is 5.52. The number of hydrogen-bond donors (Lipinski definition) is 1. The Labute approximate surface area is 130 Å². The van der Waals surface area contributed by atoms with Crippen molar-refractivity contribution in [2.75, 3.05) is 27.7 Å². The van der Waals surface area contributed by atoms with E-state index in [9.17, 15) is 0 Å². The predicted octanol–water partition coefficient (Wildman–Crippen LogP) is 3.34. The smallest absolute Gasteiger partial charge is 0.122 e. The van der Waals surface area contributed by atoms with Gasteiger partial charge in [-0.3, -0.25) is 0 Å². The molecule has 0 fully saturated rings. The molecule has 0 heterocycles. The summed E-state index contributed by atoms with van der Waals surface area (Å²) in [6.07, 6.45) is 3.23. The number of ether oxygens (including phenoxy) is 1. The molecule has 0 aliphatic rings. The van der Waals surface area contributed by atoms with Crippen molar-refractivity contribution in [1.82, 2.24) is 10.2 Å². The third-order valence-corrected chi connectivity index (χ3v) is 4.75. The molecule has 0 saturated heterocycles. The van der Waals surface area contributed by atoms with E-state index in [0.717, 1.165) is 31.6 Å². The van der Waals surface area contributed by atoms with Crippen molar-refractivity contribution in [3.8, 4) is 5.75 Å². The standard InChI is InChI=1S/C18H32N2O/c1-7-13-19-17(18(3,8-2)20(4)5)14-15-11-9-10-12-16(15)21-6/h9-12,17,19H,7-8,13-14H2,1-6H3. The second-order valence-electron chi connectivity index (χ2n) is 6.13. The largest absolute Gasteiger partial charge is 0.496 e. The number of likely N-dealkylation sites (N-methyl/N-ethyl adjacent to an activating group) is 1. The quantitative estimate of drug-likeness (QED) is 0.755. The molecule has 2 atom stereocenters. The third kappa shape index (κ3) is 4.45. The number of hydrogen-bond acceptors (Lipinski definition) is 3.